The summed E-state index contributed by atoms with van der Waals surface area (Å²) in [5, 5.41) is 0. The number of rotatable bonds is 4. The molecule has 2 aromatic rings. The van der Waals surface area contributed by atoms with Crippen LogP contribution < -0.4 is 0 Å². The number of Topliss-reactive ketones (excluding diaryl/α,β-unsaturated/α-hetero) is 1. The molecule has 0 aliphatic carbocycles. The molecule has 98 valence electrons. The molecule has 0 heterocycles. The van der Waals surface area contributed by atoms with Crippen molar-refractivity contribution in [2.45, 2.75) is 25.2 Å². The van der Waals surface area contributed by atoms with Gasteiger partial charge in [-0.1, -0.05) is 35.9 Å². The number of thioether (sulfide) groups is 1. The fourth-order valence-electron chi connectivity index (χ4n) is 2.04. The fourth-order valence-corrected chi connectivity index (χ4v) is 2.45. The molecular weight excluding hydrogens is 252 g/mol. The van der Waals surface area contributed by atoms with Crippen molar-refractivity contribution < 1.29 is 4.79 Å². The van der Waals surface area contributed by atoms with E-state index < -0.39 is 0 Å². The van der Waals surface area contributed by atoms with Gasteiger partial charge < -0.3 is 0 Å². The minimum Gasteiger partial charge on any atom is -0.294 e. The first-order valence-corrected chi connectivity index (χ1v) is 7.56. The predicted octanol–water partition coefficient (Wildman–Crippen LogP) is 4.45. The van der Waals surface area contributed by atoms with E-state index in [9.17, 15) is 4.79 Å². The van der Waals surface area contributed by atoms with Gasteiger partial charge in [-0.3, -0.25) is 4.79 Å². The fraction of sp³-hybridized carbons (Fsp3) is 0.235. The van der Waals surface area contributed by atoms with E-state index in [0.29, 0.717) is 6.42 Å². The van der Waals surface area contributed by atoms with E-state index in [2.05, 4.69) is 32.0 Å². The number of benzene rings is 2. The molecule has 2 rings (SSSR count). The number of hydrogen-bond donors (Lipinski definition) is 0. The van der Waals surface area contributed by atoms with Crippen molar-refractivity contribution in [1.82, 2.24) is 0 Å². The average Bonchev–Trinajstić information content (AvgIpc) is 2.43. The Morgan fingerprint density at radius 3 is 2.37 bits per heavy atom. The number of aryl methyl sites for hydroxylation is 2. The van der Waals surface area contributed by atoms with Crippen molar-refractivity contribution in [3.05, 3.63) is 64.7 Å². The Hall–Kier alpha value is -1.54. The molecule has 0 atom stereocenters. The second-order valence-corrected chi connectivity index (χ2v) is 5.64. The summed E-state index contributed by atoms with van der Waals surface area (Å²) in [6.45, 7) is 4.11. The normalized spacial score (nSPS) is 10.5. The summed E-state index contributed by atoms with van der Waals surface area (Å²) in [5.41, 5.74) is 4.29. The molecule has 2 heteroatoms. The van der Waals surface area contributed by atoms with Crippen molar-refractivity contribution in [2.75, 3.05) is 6.26 Å². The Morgan fingerprint density at radius 2 is 1.74 bits per heavy atom. The molecule has 0 bridgehead atoms. The van der Waals surface area contributed by atoms with Crippen LogP contribution in [0.4, 0.5) is 0 Å². The summed E-state index contributed by atoms with van der Waals surface area (Å²) in [6, 6.07) is 14.1. The standard InChI is InChI=1S/C17H18OS/c1-12-4-5-13(2)15(10-12)11-17(18)14-6-8-16(19-3)9-7-14/h4-10H,11H2,1-3H3. The maximum atomic E-state index is 12.3. The molecule has 0 radical (unpaired) electrons. The van der Waals surface area contributed by atoms with Gasteiger partial charge in [-0.2, -0.15) is 0 Å². The summed E-state index contributed by atoms with van der Waals surface area (Å²) in [7, 11) is 0. The van der Waals surface area contributed by atoms with E-state index in [-0.39, 0.29) is 5.78 Å². The largest absolute Gasteiger partial charge is 0.294 e. The van der Waals surface area contributed by atoms with Gasteiger partial charge in [0.25, 0.3) is 0 Å². The highest BCUT2D eigenvalue weighted by atomic mass is 32.2. The van der Waals surface area contributed by atoms with Crippen molar-refractivity contribution in [3.63, 3.8) is 0 Å². The van der Waals surface area contributed by atoms with Crippen LogP contribution in [0, 0.1) is 13.8 Å². The lowest BCUT2D eigenvalue weighted by atomic mass is 9.98. The van der Waals surface area contributed by atoms with E-state index in [1.165, 1.54) is 16.0 Å². The molecule has 0 N–H and O–H groups in total. The molecular formula is C17H18OS. The zero-order valence-corrected chi connectivity index (χ0v) is 12.4. The molecule has 19 heavy (non-hydrogen) atoms. The third-order valence-corrected chi connectivity index (χ3v) is 4.01. The van der Waals surface area contributed by atoms with Gasteiger partial charge in [0.05, 0.1) is 0 Å². The van der Waals surface area contributed by atoms with Crippen LogP contribution in [-0.2, 0) is 6.42 Å². The van der Waals surface area contributed by atoms with Crippen LogP contribution in [0.2, 0.25) is 0 Å². The number of ketones is 1. The Morgan fingerprint density at radius 1 is 1.05 bits per heavy atom. The van der Waals surface area contributed by atoms with Crippen molar-refractivity contribution >= 4 is 17.5 Å². The maximum Gasteiger partial charge on any atom is 0.167 e. The van der Waals surface area contributed by atoms with Gasteiger partial charge in [0.2, 0.25) is 0 Å². The predicted molar refractivity (Wildman–Crippen MR) is 82.2 cm³/mol. The number of carbonyl (C=O) groups excluding carboxylic acids is 1. The summed E-state index contributed by atoms with van der Waals surface area (Å²) >= 11 is 1.69. The van der Waals surface area contributed by atoms with Gasteiger partial charge in [0.1, 0.15) is 0 Å². The molecule has 0 fully saturated rings. The highest BCUT2D eigenvalue weighted by Crippen LogP contribution is 2.17. The second kappa shape index (κ2) is 6.07. The molecule has 1 nitrogen and oxygen atoms in total. The monoisotopic (exact) mass is 270 g/mol. The number of hydrogen-bond acceptors (Lipinski definition) is 2. The van der Waals surface area contributed by atoms with Gasteiger partial charge >= 0.3 is 0 Å². The van der Waals surface area contributed by atoms with Gasteiger partial charge in [-0.05, 0) is 43.4 Å². The molecule has 0 saturated heterocycles. The quantitative estimate of drug-likeness (QED) is 0.603. The molecule has 0 amide bonds. The Labute approximate surface area is 119 Å². The van der Waals surface area contributed by atoms with Crippen molar-refractivity contribution in [3.8, 4) is 0 Å². The first kappa shape index (κ1) is 13.9. The minimum atomic E-state index is 0.182. The topological polar surface area (TPSA) is 17.1 Å². The summed E-state index contributed by atoms with van der Waals surface area (Å²) in [6.07, 6.45) is 2.51. The van der Waals surface area contributed by atoms with Crippen LogP contribution in [0.25, 0.3) is 0 Å². The molecule has 0 spiro atoms. The highest BCUT2D eigenvalue weighted by Gasteiger charge is 2.09. The van der Waals surface area contributed by atoms with E-state index in [4.69, 9.17) is 0 Å². The SMILES string of the molecule is CSc1ccc(C(=O)Cc2cc(C)ccc2C)cc1. The molecule has 0 aliphatic heterocycles. The van der Waals surface area contributed by atoms with Crippen LogP contribution in [0.5, 0.6) is 0 Å². The molecule has 0 saturated carbocycles. The van der Waals surface area contributed by atoms with E-state index >= 15 is 0 Å². The maximum absolute atomic E-state index is 12.3. The molecule has 0 unspecified atom stereocenters. The summed E-state index contributed by atoms with van der Waals surface area (Å²) < 4.78 is 0. The van der Waals surface area contributed by atoms with Crippen LogP contribution in [0.1, 0.15) is 27.0 Å². The van der Waals surface area contributed by atoms with Crippen molar-refractivity contribution in [2.24, 2.45) is 0 Å². The van der Waals surface area contributed by atoms with Gasteiger partial charge in [0.15, 0.2) is 5.78 Å². The van der Waals surface area contributed by atoms with E-state index in [0.717, 1.165) is 11.1 Å². The molecule has 2 aromatic carbocycles. The first-order valence-electron chi connectivity index (χ1n) is 6.33. The smallest absolute Gasteiger partial charge is 0.167 e. The number of carbonyl (C=O) groups is 1. The average molecular weight is 270 g/mol. The highest BCUT2D eigenvalue weighted by molar-refractivity contribution is 7.98. The Kier molecular flexibility index (Phi) is 4.43. The minimum absolute atomic E-state index is 0.182. The molecule has 0 aliphatic rings. The third-order valence-electron chi connectivity index (χ3n) is 3.27. The summed E-state index contributed by atoms with van der Waals surface area (Å²) in [4.78, 5) is 13.5. The van der Waals surface area contributed by atoms with Crippen molar-refractivity contribution in [1.29, 1.82) is 0 Å². The molecule has 0 aromatic heterocycles. The van der Waals surface area contributed by atoms with Gasteiger partial charge in [0, 0.05) is 16.9 Å². The lowest BCUT2D eigenvalue weighted by molar-refractivity contribution is 0.0992. The van der Waals surface area contributed by atoms with Crippen LogP contribution >= 0.6 is 11.8 Å². The Balaban J connectivity index is 2.18. The van der Waals surface area contributed by atoms with E-state index in [1.54, 1.807) is 11.8 Å². The summed E-state index contributed by atoms with van der Waals surface area (Å²) in [5.74, 6) is 0.182. The van der Waals surface area contributed by atoms with Crippen LogP contribution in [-0.4, -0.2) is 12.0 Å². The lowest BCUT2D eigenvalue weighted by Gasteiger charge is -2.07. The Bertz CT molecular complexity index is 585. The zero-order valence-electron chi connectivity index (χ0n) is 11.6. The lowest BCUT2D eigenvalue weighted by Crippen LogP contribution is -2.05. The van der Waals surface area contributed by atoms with Gasteiger partial charge in [-0.25, -0.2) is 0 Å². The second-order valence-electron chi connectivity index (χ2n) is 4.76. The van der Waals surface area contributed by atoms with E-state index in [1.807, 2.05) is 30.5 Å². The van der Waals surface area contributed by atoms with Gasteiger partial charge in [-0.15, -0.1) is 11.8 Å². The zero-order chi connectivity index (χ0) is 13.8. The third kappa shape index (κ3) is 3.48. The van der Waals surface area contributed by atoms with Crippen LogP contribution in [0.15, 0.2) is 47.4 Å². The first-order chi connectivity index (χ1) is 9.10. The van der Waals surface area contributed by atoms with Crippen LogP contribution in [0.3, 0.4) is 0 Å².